The van der Waals surface area contributed by atoms with E-state index in [1.165, 1.54) is 44.9 Å². The zero-order valence-corrected chi connectivity index (χ0v) is 36.7. The second-order valence-corrected chi connectivity index (χ2v) is 16.7. The van der Waals surface area contributed by atoms with Gasteiger partial charge >= 0.3 is 5.97 Å². The highest BCUT2D eigenvalue weighted by Gasteiger charge is 2.20. The van der Waals surface area contributed by atoms with E-state index in [2.05, 4.69) is 86.8 Å². The van der Waals surface area contributed by atoms with Gasteiger partial charge in [0, 0.05) is 13.0 Å². The average Bonchev–Trinajstić information content (AvgIpc) is 3.13. The van der Waals surface area contributed by atoms with Crippen molar-refractivity contribution in [2.45, 2.75) is 161 Å². The Kier molecular flexibility index (Phi) is 37.3. The molecule has 0 radical (unpaired) electrons. The molecule has 0 fully saturated rings. The third kappa shape index (κ3) is 42.9. The smallest absolute Gasteiger partial charge is 0.306 e. The van der Waals surface area contributed by atoms with Gasteiger partial charge in [-0.25, -0.2) is 0 Å². The maximum absolute atomic E-state index is 12.6. The quantitative estimate of drug-likeness (QED) is 0.0201. The van der Waals surface area contributed by atoms with E-state index in [1.54, 1.807) is 0 Å². The van der Waals surface area contributed by atoms with Gasteiger partial charge in [0.1, 0.15) is 19.3 Å². The summed E-state index contributed by atoms with van der Waals surface area (Å²) in [5, 5.41) is 0. The summed E-state index contributed by atoms with van der Waals surface area (Å²) in [6.07, 6.45) is 49.2. The first-order valence-corrected chi connectivity index (χ1v) is 23.1. The minimum Gasteiger partial charge on any atom is -0.756 e. The number of rotatable bonds is 39. The van der Waals surface area contributed by atoms with Gasteiger partial charge in [-0.3, -0.25) is 9.36 Å². The van der Waals surface area contributed by atoms with Crippen LogP contribution in [0.5, 0.6) is 0 Å². The zero-order chi connectivity index (χ0) is 40.6. The summed E-state index contributed by atoms with van der Waals surface area (Å²) >= 11 is 0. The van der Waals surface area contributed by atoms with Crippen LogP contribution in [0.25, 0.3) is 0 Å². The summed E-state index contributed by atoms with van der Waals surface area (Å²) in [7, 11) is 1.33. The number of hydrogen-bond acceptors (Lipinski definition) is 7. The molecule has 0 saturated heterocycles. The Balaban J connectivity index is 4.24. The lowest BCUT2D eigenvalue weighted by molar-refractivity contribution is -0.870. The molecule has 0 amide bonds. The van der Waals surface area contributed by atoms with Gasteiger partial charge < -0.3 is 27.9 Å². The molecule has 0 heterocycles. The number of likely N-dealkylation sites (N-methyl/N-ethyl adjacent to an activating group) is 1. The molecule has 0 saturated carbocycles. The molecule has 9 heteroatoms. The fourth-order valence-electron chi connectivity index (χ4n) is 5.38. The molecule has 318 valence electrons. The predicted octanol–water partition coefficient (Wildman–Crippen LogP) is 12.1. The van der Waals surface area contributed by atoms with Crippen LogP contribution in [0.2, 0.25) is 0 Å². The number of quaternary nitrogens is 1. The summed E-state index contributed by atoms with van der Waals surface area (Å²) in [5.41, 5.74) is 0. The van der Waals surface area contributed by atoms with E-state index in [4.69, 9.17) is 18.5 Å². The van der Waals surface area contributed by atoms with Crippen molar-refractivity contribution in [2.75, 3.05) is 54.1 Å². The fraction of sp³-hybridized carbons (Fsp3) is 0.717. The molecule has 2 unspecified atom stereocenters. The van der Waals surface area contributed by atoms with Crippen LogP contribution >= 0.6 is 7.82 Å². The number of unbranched alkanes of at least 4 members (excludes halogenated alkanes) is 13. The van der Waals surface area contributed by atoms with Crippen molar-refractivity contribution in [3.8, 4) is 0 Å². The van der Waals surface area contributed by atoms with Crippen molar-refractivity contribution in [3.05, 3.63) is 72.9 Å². The Morgan fingerprint density at radius 1 is 0.582 bits per heavy atom. The molecule has 2 atom stereocenters. The second-order valence-electron chi connectivity index (χ2n) is 15.3. The predicted molar refractivity (Wildman–Crippen MR) is 231 cm³/mol. The van der Waals surface area contributed by atoms with E-state index < -0.39 is 13.9 Å². The van der Waals surface area contributed by atoms with Gasteiger partial charge in [-0.2, -0.15) is 0 Å². The highest BCUT2D eigenvalue weighted by atomic mass is 31.2. The number of esters is 1. The molecule has 0 N–H and O–H groups in total. The van der Waals surface area contributed by atoms with Gasteiger partial charge in [0.15, 0.2) is 0 Å². The van der Waals surface area contributed by atoms with Crippen LogP contribution in [0.4, 0.5) is 0 Å². The molecular weight excluding hydrogens is 709 g/mol. The monoisotopic (exact) mass is 792 g/mol. The normalized spacial score (nSPS) is 14.5. The van der Waals surface area contributed by atoms with Gasteiger partial charge in [-0.1, -0.05) is 145 Å². The third-order valence-corrected chi connectivity index (χ3v) is 9.71. The number of phosphoric ester groups is 1. The first-order chi connectivity index (χ1) is 26.6. The van der Waals surface area contributed by atoms with E-state index in [9.17, 15) is 14.3 Å². The van der Waals surface area contributed by atoms with Gasteiger partial charge in [-0.05, 0) is 77.0 Å². The molecule has 8 nitrogen and oxygen atoms in total. The van der Waals surface area contributed by atoms with Crippen LogP contribution in [0.1, 0.15) is 155 Å². The Morgan fingerprint density at radius 2 is 1.05 bits per heavy atom. The Bertz CT molecular complexity index is 1110. The Morgan fingerprint density at radius 3 is 1.60 bits per heavy atom. The molecule has 0 bridgehead atoms. The van der Waals surface area contributed by atoms with E-state index in [1.807, 2.05) is 21.1 Å². The zero-order valence-electron chi connectivity index (χ0n) is 35.8. The number of allylic oxidation sites excluding steroid dienone is 12. The maximum Gasteiger partial charge on any atom is 0.306 e. The number of carbonyl (C=O) groups excluding carboxylic acids is 1. The number of phosphoric acid groups is 1. The molecule has 0 aliphatic carbocycles. The van der Waals surface area contributed by atoms with Gasteiger partial charge in [-0.15, -0.1) is 0 Å². The molecule has 0 aliphatic rings. The molecule has 0 spiro atoms. The highest BCUT2D eigenvalue weighted by Crippen LogP contribution is 2.38. The first-order valence-electron chi connectivity index (χ1n) is 21.7. The van der Waals surface area contributed by atoms with Crippen LogP contribution in [0.15, 0.2) is 72.9 Å². The van der Waals surface area contributed by atoms with Crippen molar-refractivity contribution < 1.29 is 37.3 Å². The van der Waals surface area contributed by atoms with E-state index in [0.29, 0.717) is 24.1 Å². The van der Waals surface area contributed by atoms with Gasteiger partial charge in [0.25, 0.3) is 7.82 Å². The molecule has 0 aliphatic heterocycles. The number of carbonyl (C=O) groups is 1. The van der Waals surface area contributed by atoms with E-state index in [-0.39, 0.29) is 25.8 Å². The molecular formula is C46H82NO7P. The van der Waals surface area contributed by atoms with Crippen LogP contribution in [-0.4, -0.2) is 70.7 Å². The summed E-state index contributed by atoms with van der Waals surface area (Å²) < 4.78 is 34.5. The van der Waals surface area contributed by atoms with Crippen molar-refractivity contribution in [1.82, 2.24) is 0 Å². The summed E-state index contributed by atoms with van der Waals surface area (Å²) in [6, 6.07) is 0. The summed E-state index contributed by atoms with van der Waals surface area (Å²) in [6.45, 7) is 5.19. The van der Waals surface area contributed by atoms with Gasteiger partial charge in [0.2, 0.25) is 0 Å². The minimum absolute atomic E-state index is 0.0176. The molecule has 0 aromatic heterocycles. The van der Waals surface area contributed by atoms with E-state index in [0.717, 1.165) is 89.9 Å². The lowest BCUT2D eigenvalue weighted by Crippen LogP contribution is -2.37. The van der Waals surface area contributed by atoms with Gasteiger partial charge in [0.05, 0.1) is 34.4 Å². The average molecular weight is 792 g/mol. The minimum atomic E-state index is -4.53. The van der Waals surface area contributed by atoms with Crippen LogP contribution in [-0.2, 0) is 27.9 Å². The van der Waals surface area contributed by atoms with Crippen LogP contribution in [0.3, 0.4) is 0 Å². The SMILES string of the molecule is CC/C=C\C/C=C\C/C=C\C/C=C\C/C=C\CCCCCCCCOCC(COP(=O)([O-])OCC[N+](C)(C)C)OC(=O)CCCCCCC/C=C\CCCC. The topological polar surface area (TPSA) is 94.1 Å². The van der Waals surface area contributed by atoms with Crippen molar-refractivity contribution >= 4 is 13.8 Å². The summed E-state index contributed by atoms with van der Waals surface area (Å²) in [5.74, 6) is -0.354. The van der Waals surface area contributed by atoms with Crippen LogP contribution in [0, 0.1) is 0 Å². The third-order valence-electron chi connectivity index (χ3n) is 8.74. The van der Waals surface area contributed by atoms with E-state index >= 15 is 0 Å². The Labute approximate surface area is 338 Å². The number of ether oxygens (including phenoxy) is 2. The Hall–Kier alpha value is -2.06. The molecule has 0 aromatic rings. The second kappa shape index (κ2) is 38.8. The summed E-state index contributed by atoms with van der Waals surface area (Å²) in [4.78, 5) is 25.0. The number of hydrogen-bond donors (Lipinski definition) is 0. The lowest BCUT2D eigenvalue weighted by atomic mass is 10.1. The standard InChI is InChI=1S/C46H82NO7P/c1-6-8-10-12-14-16-18-19-20-21-22-23-24-25-26-27-28-30-32-34-36-38-41-51-43-45(44-53-55(49,50)52-42-40-47(3,4)5)54-46(48)39-37-35-33-31-29-17-15-13-11-9-7-2/h8,10,13-16,19-20,22-23,25-26,45H,6-7,9,11-12,17-18,21,24,27-44H2,1-5H3/b10-8-,15-13-,16-14-,20-19-,23-22-,26-25-. The largest absolute Gasteiger partial charge is 0.756 e. The lowest BCUT2D eigenvalue weighted by Gasteiger charge is -2.28. The molecule has 0 aromatic carbocycles. The number of nitrogens with zero attached hydrogens (tertiary/aromatic N) is 1. The maximum atomic E-state index is 12.6. The first kappa shape index (κ1) is 52.9. The van der Waals surface area contributed by atoms with Crippen molar-refractivity contribution in [2.24, 2.45) is 0 Å². The van der Waals surface area contributed by atoms with Crippen LogP contribution < -0.4 is 4.89 Å². The molecule has 55 heavy (non-hydrogen) atoms. The highest BCUT2D eigenvalue weighted by molar-refractivity contribution is 7.45. The van der Waals surface area contributed by atoms with Crippen molar-refractivity contribution in [3.63, 3.8) is 0 Å². The molecule has 0 rings (SSSR count). The fourth-order valence-corrected chi connectivity index (χ4v) is 6.10. The van der Waals surface area contributed by atoms with Crippen molar-refractivity contribution in [1.29, 1.82) is 0 Å².